The minimum atomic E-state index is -0.150. The molecule has 1 amide bonds. The van der Waals surface area contributed by atoms with Crippen LogP contribution in [-0.4, -0.2) is 45.6 Å². The zero-order valence-corrected chi connectivity index (χ0v) is 13.3. The lowest BCUT2D eigenvalue weighted by Gasteiger charge is -2.22. The van der Waals surface area contributed by atoms with Crippen molar-refractivity contribution in [3.8, 4) is 0 Å². The highest BCUT2D eigenvalue weighted by Crippen LogP contribution is 2.09. The molecule has 0 atom stereocenters. The third-order valence-corrected chi connectivity index (χ3v) is 3.44. The lowest BCUT2D eigenvalue weighted by molar-refractivity contribution is 0.0735. The first-order valence-electron chi connectivity index (χ1n) is 7.56. The van der Waals surface area contributed by atoms with Crippen LogP contribution >= 0.6 is 11.6 Å². The van der Waals surface area contributed by atoms with Crippen molar-refractivity contribution >= 4 is 17.5 Å². The normalized spacial score (nSPS) is 10.6. The third-order valence-electron chi connectivity index (χ3n) is 3.24. The molecule has 0 radical (unpaired) electrons. The molecule has 21 heavy (non-hydrogen) atoms. The number of amides is 1. The van der Waals surface area contributed by atoms with E-state index in [0.717, 1.165) is 12.8 Å². The largest absolute Gasteiger partial charge is 0.396 e. The van der Waals surface area contributed by atoms with E-state index in [2.05, 4.69) is 16.9 Å². The molecule has 0 aliphatic heterocycles. The van der Waals surface area contributed by atoms with E-state index >= 15 is 0 Å². The van der Waals surface area contributed by atoms with Gasteiger partial charge in [-0.3, -0.25) is 4.79 Å². The molecule has 0 aliphatic carbocycles. The van der Waals surface area contributed by atoms with Gasteiger partial charge in [-0.15, -0.1) is 0 Å². The van der Waals surface area contributed by atoms with E-state index in [1.165, 1.54) is 31.7 Å². The Morgan fingerprint density at radius 2 is 1.86 bits per heavy atom. The van der Waals surface area contributed by atoms with Crippen LogP contribution in [0.15, 0.2) is 12.4 Å². The van der Waals surface area contributed by atoms with Crippen molar-refractivity contribution in [3.05, 3.63) is 23.2 Å². The number of aromatic nitrogens is 2. The number of carbonyl (C=O) groups is 1. The van der Waals surface area contributed by atoms with Crippen LogP contribution in [0.5, 0.6) is 0 Å². The first-order valence-corrected chi connectivity index (χ1v) is 7.94. The van der Waals surface area contributed by atoms with Crippen molar-refractivity contribution in [2.75, 3.05) is 19.7 Å². The van der Waals surface area contributed by atoms with Crippen LogP contribution in [0, 0.1) is 0 Å². The summed E-state index contributed by atoms with van der Waals surface area (Å²) in [5.41, 5.74) is 0.297. The van der Waals surface area contributed by atoms with Gasteiger partial charge in [0.1, 0.15) is 10.8 Å². The van der Waals surface area contributed by atoms with Crippen LogP contribution in [0.25, 0.3) is 0 Å². The molecule has 1 aromatic heterocycles. The average Bonchev–Trinajstić information content (AvgIpc) is 2.50. The molecule has 5 nitrogen and oxygen atoms in total. The summed E-state index contributed by atoms with van der Waals surface area (Å²) in [7, 11) is 0. The molecule has 0 spiro atoms. The molecule has 0 saturated carbocycles. The van der Waals surface area contributed by atoms with Crippen LogP contribution in [-0.2, 0) is 0 Å². The fraction of sp³-hybridized carbons (Fsp3) is 0.667. The summed E-state index contributed by atoms with van der Waals surface area (Å²) in [6.07, 6.45) is 9.05. The number of nitrogens with zero attached hydrogens (tertiary/aromatic N) is 3. The van der Waals surface area contributed by atoms with Gasteiger partial charge in [0, 0.05) is 19.7 Å². The quantitative estimate of drug-likeness (QED) is 0.674. The number of hydrogen-bond acceptors (Lipinski definition) is 4. The highest BCUT2D eigenvalue weighted by Gasteiger charge is 2.16. The second kappa shape index (κ2) is 10.5. The average molecular weight is 314 g/mol. The molecule has 6 heteroatoms. The monoisotopic (exact) mass is 313 g/mol. The molecular formula is C15H24ClN3O2. The van der Waals surface area contributed by atoms with Gasteiger partial charge in [0.25, 0.3) is 5.91 Å². The number of halogens is 1. The van der Waals surface area contributed by atoms with Crippen molar-refractivity contribution in [1.29, 1.82) is 0 Å². The standard InChI is InChI=1S/C15H24ClN3O2/c1-2-3-4-5-6-8-19(9-7-10-20)15(21)13-11-18-14(16)12-17-13/h11-12,20H,2-10H2,1H3. The van der Waals surface area contributed by atoms with E-state index < -0.39 is 0 Å². The van der Waals surface area contributed by atoms with Gasteiger partial charge in [-0.2, -0.15) is 0 Å². The lowest BCUT2D eigenvalue weighted by atomic mass is 10.1. The molecular weight excluding hydrogens is 290 g/mol. The van der Waals surface area contributed by atoms with Crippen molar-refractivity contribution in [3.63, 3.8) is 0 Å². The Bertz CT molecular complexity index is 412. The van der Waals surface area contributed by atoms with Crippen LogP contribution in [0.1, 0.15) is 55.9 Å². The van der Waals surface area contributed by atoms with Gasteiger partial charge in [0.15, 0.2) is 0 Å². The Morgan fingerprint density at radius 1 is 1.14 bits per heavy atom. The van der Waals surface area contributed by atoms with Crippen molar-refractivity contribution < 1.29 is 9.90 Å². The molecule has 1 rings (SSSR count). The van der Waals surface area contributed by atoms with Crippen molar-refractivity contribution in [2.45, 2.75) is 45.4 Å². The topological polar surface area (TPSA) is 66.3 Å². The maximum Gasteiger partial charge on any atom is 0.274 e. The van der Waals surface area contributed by atoms with Crippen LogP contribution in [0.3, 0.4) is 0 Å². The molecule has 1 aromatic rings. The van der Waals surface area contributed by atoms with Crippen LogP contribution in [0.2, 0.25) is 5.15 Å². The highest BCUT2D eigenvalue weighted by molar-refractivity contribution is 6.29. The minimum Gasteiger partial charge on any atom is -0.396 e. The number of aliphatic hydroxyl groups is 1. The fourth-order valence-corrected chi connectivity index (χ4v) is 2.16. The Hall–Kier alpha value is -1.20. The van der Waals surface area contributed by atoms with Gasteiger partial charge in [-0.05, 0) is 12.8 Å². The predicted molar refractivity (Wildman–Crippen MR) is 83.4 cm³/mol. The highest BCUT2D eigenvalue weighted by atomic mass is 35.5. The van der Waals surface area contributed by atoms with E-state index in [4.69, 9.17) is 16.7 Å². The van der Waals surface area contributed by atoms with Gasteiger partial charge < -0.3 is 10.0 Å². The van der Waals surface area contributed by atoms with E-state index in [9.17, 15) is 4.79 Å². The summed E-state index contributed by atoms with van der Waals surface area (Å²) in [6.45, 7) is 3.47. The Labute approximate surface area is 131 Å². The predicted octanol–water partition coefficient (Wildman–Crippen LogP) is 2.93. The lowest BCUT2D eigenvalue weighted by Crippen LogP contribution is -2.34. The molecule has 0 fully saturated rings. The van der Waals surface area contributed by atoms with E-state index in [1.807, 2.05) is 0 Å². The van der Waals surface area contributed by atoms with Gasteiger partial charge in [-0.1, -0.05) is 44.2 Å². The van der Waals surface area contributed by atoms with E-state index in [-0.39, 0.29) is 17.7 Å². The van der Waals surface area contributed by atoms with Crippen LogP contribution < -0.4 is 0 Å². The molecule has 1 heterocycles. The van der Waals surface area contributed by atoms with Gasteiger partial charge >= 0.3 is 0 Å². The summed E-state index contributed by atoms with van der Waals surface area (Å²) in [5, 5.41) is 9.23. The first-order chi connectivity index (χ1) is 10.2. The van der Waals surface area contributed by atoms with E-state index in [0.29, 0.717) is 25.2 Å². The molecule has 0 bridgehead atoms. The minimum absolute atomic E-state index is 0.0753. The summed E-state index contributed by atoms with van der Waals surface area (Å²) < 4.78 is 0. The molecule has 0 aliphatic rings. The first kappa shape index (κ1) is 17.9. The number of unbranched alkanes of at least 4 members (excludes halogenated alkanes) is 4. The third kappa shape index (κ3) is 6.87. The molecule has 118 valence electrons. The summed E-state index contributed by atoms with van der Waals surface area (Å²) >= 11 is 5.68. The summed E-state index contributed by atoms with van der Waals surface area (Å²) in [4.78, 5) is 22.0. The van der Waals surface area contributed by atoms with Gasteiger partial charge in [0.05, 0.1) is 12.4 Å². The second-order valence-electron chi connectivity index (χ2n) is 5.01. The number of rotatable bonds is 10. The zero-order chi connectivity index (χ0) is 15.5. The number of hydrogen-bond donors (Lipinski definition) is 1. The maximum atomic E-state index is 12.4. The number of carbonyl (C=O) groups excluding carboxylic acids is 1. The second-order valence-corrected chi connectivity index (χ2v) is 5.40. The van der Waals surface area contributed by atoms with Crippen molar-refractivity contribution in [2.24, 2.45) is 0 Å². The molecule has 0 unspecified atom stereocenters. The number of aliphatic hydroxyl groups excluding tert-OH is 1. The van der Waals surface area contributed by atoms with Crippen molar-refractivity contribution in [1.82, 2.24) is 14.9 Å². The smallest absolute Gasteiger partial charge is 0.274 e. The molecule has 0 aromatic carbocycles. The summed E-state index contributed by atoms with van der Waals surface area (Å²) in [6, 6.07) is 0. The van der Waals surface area contributed by atoms with E-state index in [1.54, 1.807) is 4.90 Å². The Kier molecular flexibility index (Phi) is 8.94. The van der Waals surface area contributed by atoms with Gasteiger partial charge in [-0.25, -0.2) is 9.97 Å². The Morgan fingerprint density at radius 3 is 2.48 bits per heavy atom. The van der Waals surface area contributed by atoms with Gasteiger partial charge in [0.2, 0.25) is 0 Å². The molecule has 1 N–H and O–H groups in total. The van der Waals surface area contributed by atoms with Crippen LogP contribution in [0.4, 0.5) is 0 Å². The zero-order valence-electron chi connectivity index (χ0n) is 12.6. The summed E-state index contributed by atoms with van der Waals surface area (Å²) in [5.74, 6) is -0.150. The SMILES string of the molecule is CCCCCCCN(CCCO)C(=O)c1cnc(Cl)cn1. The fourth-order valence-electron chi connectivity index (χ4n) is 2.07. The maximum absolute atomic E-state index is 12.4. The Balaban J connectivity index is 2.54. The molecule has 0 saturated heterocycles.